The lowest BCUT2D eigenvalue weighted by Gasteiger charge is -2.37. The van der Waals surface area contributed by atoms with Gasteiger partial charge in [0.2, 0.25) is 0 Å². The number of benzene rings is 3. The predicted octanol–water partition coefficient (Wildman–Crippen LogP) is 4.79. The molecule has 6 nitrogen and oxygen atoms in total. The second-order valence-electron chi connectivity index (χ2n) is 7.43. The normalized spacial score (nSPS) is 15.4. The van der Waals surface area contributed by atoms with Crippen molar-refractivity contribution in [3.63, 3.8) is 0 Å². The number of fused-ring (bicyclic) bond motifs is 2. The second kappa shape index (κ2) is 8.88. The Bertz CT molecular complexity index is 1270. The minimum absolute atomic E-state index is 0.0567. The summed E-state index contributed by atoms with van der Waals surface area (Å²) in [7, 11) is 0. The number of ether oxygens (including phenoxy) is 1. The fourth-order valence-corrected chi connectivity index (χ4v) is 5.05. The topological polar surface area (TPSA) is 72.6 Å². The molecule has 0 aliphatic carbocycles. The van der Waals surface area contributed by atoms with E-state index in [0.717, 1.165) is 27.3 Å². The maximum atomic E-state index is 13.3. The van der Waals surface area contributed by atoms with Crippen molar-refractivity contribution in [2.75, 3.05) is 17.3 Å². The Morgan fingerprint density at radius 2 is 1.75 bits per heavy atom. The molecule has 5 rings (SSSR count). The molecule has 0 N–H and O–H groups in total. The highest BCUT2D eigenvalue weighted by molar-refractivity contribution is 7.99. The number of para-hydroxylation sites is 2. The molecule has 1 aliphatic heterocycles. The summed E-state index contributed by atoms with van der Waals surface area (Å²) in [5.74, 6) is -0.0515. The van der Waals surface area contributed by atoms with E-state index < -0.39 is 5.97 Å². The standard InChI is InChI=1S/C25H20N2O4S/c28-24(15-30-25(29)14-19-18-10-4-6-12-22(18)31-26-19)27-20-11-5-7-13-23(20)32-16-21(27)17-8-2-1-3-9-17/h1-13,21H,14-16H2. The van der Waals surface area contributed by atoms with E-state index >= 15 is 0 Å². The molecule has 0 radical (unpaired) electrons. The molecule has 1 aliphatic rings. The van der Waals surface area contributed by atoms with Crippen molar-refractivity contribution in [1.29, 1.82) is 0 Å². The summed E-state index contributed by atoms with van der Waals surface area (Å²) >= 11 is 1.72. The van der Waals surface area contributed by atoms with Gasteiger partial charge in [-0.3, -0.25) is 14.5 Å². The van der Waals surface area contributed by atoms with Gasteiger partial charge in [0.15, 0.2) is 12.2 Å². The van der Waals surface area contributed by atoms with E-state index in [1.54, 1.807) is 22.7 Å². The Morgan fingerprint density at radius 3 is 2.62 bits per heavy atom. The van der Waals surface area contributed by atoms with Gasteiger partial charge in [0, 0.05) is 16.0 Å². The van der Waals surface area contributed by atoms with Crippen LogP contribution in [0.5, 0.6) is 0 Å². The molecule has 4 aromatic rings. The first-order valence-corrected chi connectivity index (χ1v) is 11.3. The molecule has 7 heteroatoms. The van der Waals surface area contributed by atoms with Gasteiger partial charge in [0.1, 0.15) is 5.69 Å². The Morgan fingerprint density at radius 1 is 1.00 bits per heavy atom. The van der Waals surface area contributed by atoms with Crippen LogP contribution in [0.15, 0.2) is 88.3 Å². The van der Waals surface area contributed by atoms with E-state index in [1.807, 2.05) is 72.8 Å². The number of aromatic nitrogens is 1. The monoisotopic (exact) mass is 444 g/mol. The molecule has 160 valence electrons. The third-order valence-corrected chi connectivity index (χ3v) is 6.55. The average Bonchev–Trinajstić information content (AvgIpc) is 3.25. The molecule has 0 saturated heterocycles. The lowest BCUT2D eigenvalue weighted by atomic mass is 10.1. The van der Waals surface area contributed by atoms with Crippen molar-refractivity contribution in [2.24, 2.45) is 0 Å². The Balaban J connectivity index is 1.33. The van der Waals surface area contributed by atoms with Gasteiger partial charge < -0.3 is 9.26 Å². The SMILES string of the molecule is O=C(Cc1noc2ccccc12)OCC(=O)N1c2ccccc2SCC1c1ccccc1. The number of carbonyl (C=O) groups excluding carboxylic acids is 2. The average molecular weight is 445 g/mol. The van der Waals surface area contributed by atoms with E-state index in [4.69, 9.17) is 9.26 Å². The van der Waals surface area contributed by atoms with E-state index in [0.29, 0.717) is 11.3 Å². The predicted molar refractivity (Wildman–Crippen MR) is 123 cm³/mol. The van der Waals surface area contributed by atoms with Crippen molar-refractivity contribution in [1.82, 2.24) is 5.16 Å². The summed E-state index contributed by atoms with van der Waals surface area (Å²) in [5, 5.41) is 4.73. The largest absolute Gasteiger partial charge is 0.455 e. The first-order chi connectivity index (χ1) is 15.7. The van der Waals surface area contributed by atoms with Crippen molar-refractivity contribution in [3.05, 3.63) is 90.1 Å². The second-order valence-corrected chi connectivity index (χ2v) is 8.49. The highest BCUT2D eigenvalue weighted by Gasteiger charge is 2.33. The van der Waals surface area contributed by atoms with Crippen molar-refractivity contribution in [3.8, 4) is 0 Å². The molecule has 0 bridgehead atoms. The van der Waals surface area contributed by atoms with Crippen LogP contribution in [0.4, 0.5) is 5.69 Å². The van der Waals surface area contributed by atoms with Crippen LogP contribution in [-0.2, 0) is 20.7 Å². The first-order valence-electron chi connectivity index (χ1n) is 10.3. The number of esters is 1. The number of hydrogen-bond acceptors (Lipinski definition) is 6. The summed E-state index contributed by atoms with van der Waals surface area (Å²) in [4.78, 5) is 28.5. The van der Waals surface area contributed by atoms with Crippen molar-refractivity contribution >= 4 is 40.3 Å². The third kappa shape index (κ3) is 3.99. The maximum absolute atomic E-state index is 13.3. The van der Waals surface area contributed by atoms with E-state index in [1.165, 1.54) is 0 Å². The van der Waals surface area contributed by atoms with Crippen LogP contribution in [0.1, 0.15) is 17.3 Å². The van der Waals surface area contributed by atoms with Crippen molar-refractivity contribution in [2.45, 2.75) is 17.4 Å². The van der Waals surface area contributed by atoms with Gasteiger partial charge in [0.25, 0.3) is 5.91 Å². The van der Waals surface area contributed by atoms with Crippen molar-refractivity contribution < 1.29 is 18.8 Å². The third-order valence-electron chi connectivity index (χ3n) is 5.41. The Kier molecular flexibility index (Phi) is 5.64. The molecule has 2 heterocycles. The summed E-state index contributed by atoms with van der Waals surface area (Å²) in [6.45, 7) is -0.336. The lowest BCUT2D eigenvalue weighted by molar-refractivity contribution is -0.147. The Hall–Kier alpha value is -3.58. The molecular formula is C25H20N2O4S. The highest BCUT2D eigenvalue weighted by atomic mass is 32.2. The molecule has 1 unspecified atom stereocenters. The van der Waals surface area contributed by atoms with E-state index in [2.05, 4.69) is 5.16 Å². The zero-order valence-electron chi connectivity index (χ0n) is 17.1. The van der Waals surface area contributed by atoms with Crippen LogP contribution in [0.2, 0.25) is 0 Å². The first kappa shape index (κ1) is 20.3. The number of hydrogen-bond donors (Lipinski definition) is 0. The van der Waals surface area contributed by atoms with Gasteiger partial charge in [-0.1, -0.05) is 59.8 Å². The molecule has 0 spiro atoms. The van der Waals surface area contributed by atoms with Gasteiger partial charge in [-0.2, -0.15) is 0 Å². The van der Waals surface area contributed by atoms with Crippen LogP contribution in [0.25, 0.3) is 11.0 Å². The van der Waals surface area contributed by atoms with Gasteiger partial charge in [-0.25, -0.2) is 0 Å². The molecule has 32 heavy (non-hydrogen) atoms. The number of nitrogens with zero attached hydrogens (tertiary/aromatic N) is 2. The molecule has 0 fully saturated rings. The van der Waals surface area contributed by atoms with Crippen LogP contribution in [0.3, 0.4) is 0 Å². The zero-order chi connectivity index (χ0) is 21.9. The molecule has 1 aromatic heterocycles. The summed E-state index contributed by atoms with van der Waals surface area (Å²) < 4.78 is 10.6. The van der Waals surface area contributed by atoms with Gasteiger partial charge >= 0.3 is 5.97 Å². The summed E-state index contributed by atoms with van der Waals surface area (Å²) in [6, 6.07) is 24.9. The number of rotatable bonds is 5. The quantitative estimate of drug-likeness (QED) is 0.412. The fourth-order valence-electron chi connectivity index (χ4n) is 3.88. The van der Waals surface area contributed by atoms with Crippen LogP contribution < -0.4 is 4.90 Å². The minimum Gasteiger partial charge on any atom is -0.455 e. The van der Waals surface area contributed by atoms with E-state index in [9.17, 15) is 9.59 Å². The van der Waals surface area contributed by atoms with Crippen LogP contribution >= 0.6 is 11.8 Å². The van der Waals surface area contributed by atoms with Crippen LogP contribution in [0, 0.1) is 0 Å². The Labute approximate surface area is 189 Å². The maximum Gasteiger partial charge on any atom is 0.312 e. The molecule has 3 aromatic carbocycles. The van der Waals surface area contributed by atoms with Gasteiger partial charge in [-0.05, 0) is 29.8 Å². The zero-order valence-corrected chi connectivity index (χ0v) is 18.0. The smallest absolute Gasteiger partial charge is 0.312 e. The number of carbonyl (C=O) groups is 2. The van der Waals surface area contributed by atoms with Gasteiger partial charge in [0.05, 0.1) is 18.2 Å². The molecule has 0 saturated carbocycles. The number of anilines is 1. The molecule has 1 amide bonds. The van der Waals surface area contributed by atoms with Gasteiger partial charge in [-0.15, -0.1) is 11.8 Å². The highest BCUT2D eigenvalue weighted by Crippen LogP contribution is 2.43. The number of thioether (sulfide) groups is 1. The fraction of sp³-hybridized carbons (Fsp3) is 0.160. The van der Waals surface area contributed by atoms with E-state index in [-0.39, 0.29) is 25.0 Å². The van der Waals surface area contributed by atoms with Crippen LogP contribution in [-0.4, -0.2) is 29.4 Å². The summed E-state index contributed by atoms with van der Waals surface area (Å²) in [6.07, 6.45) is -0.0567. The molecule has 1 atom stereocenters. The number of amides is 1. The molecular weight excluding hydrogens is 424 g/mol. The summed E-state index contributed by atoms with van der Waals surface area (Å²) in [5.41, 5.74) is 2.99. The lowest BCUT2D eigenvalue weighted by Crippen LogP contribution is -2.41. The minimum atomic E-state index is -0.520.